The van der Waals surface area contributed by atoms with Gasteiger partial charge >= 0.3 is 0 Å². The number of ether oxygens (including phenoxy) is 1. The van der Waals surface area contributed by atoms with Crippen LogP contribution in [0.5, 0.6) is 0 Å². The lowest BCUT2D eigenvalue weighted by Crippen LogP contribution is -2.37. The topological polar surface area (TPSA) is 24.5 Å². The highest BCUT2D eigenvalue weighted by molar-refractivity contribution is 4.67. The molecule has 1 unspecified atom stereocenters. The van der Waals surface area contributed by atoms with E-state index in [1.165, 1.54) is 0 Å². The van der Waals surface area contributed by atoms with E-state index in [1.807, 2.05) is 0 Å². The molecule has 0 aliphatic heterocycles. The summed E-state index contributed by atoms with van der Waals surface area (Å²) in [5.41, 5.74) is 0. The molecule has 0 aromatic rings. The largest absolute Gasteiger partial charge is 0.377 e. The maximum atomic E-state index is 5.92. The summed E-state index contributed by atoms with van der Waals surface area (Å²) in [6.45, 7) is 11.7. The molecule has 0 aliphatic carbocycles. The molecule has 0 fully saturated rings. The van der Waals surface area contributed by atoms with Crippen molar-refractivity contribution in [2.45, 2.75) is 46.3 Å². The van der Waals surface area contributed by atoms with Crippen LogP contribution in [0, 0.1) is 5.92 Å². The molecule has 0 bridgehead atoms. The molecule has 0 aromatic heterocycles. The zero-order valence-electron chi connectivity index (χ0n) is 11.9. The van der Waals surface area contributed by atoms with Gasteiger partial charge in [0.15, 0.2) is 0 Å². The number of hydrogen-bond donors (Lipinski definition) is 1. The Morgan fingerprint density at radius 2 is 1.75 bits per heavy atom. The van der Waals surface area contributed by atoms with E-state index in [2.05, 4.69) is 52.0 Å². The smallest absolute Gasteiger partial charge is 0.0722 e. The highest BCUT2D eigenvalue weighted by atomic mass is 16.5. The molecule has 0 saturated carbocycles. The molecule has 1 N–H and O–H groups in total. The third-order valence-corrected chi connectivity index (χ3v) is 2.55. The van der Waals surface area contributed by atoms with Crippen molar-refractivity contribution in [3.8, 4) is 0 Å². The number of hydrogen-bond acceptors (Lipinski definition) is 3. The maximum absolute atomic E-state index is 5.92. The number of rotatable bonds is 9. The molecular weight excluding hydrogens is 200 g/mol. The molecule has 16 heavy (non-hydrogen) atoms. The van der Waals surface area contributed by atoms with Crippen LogP contribution in [0.2, 0.25) is 0 Å². The third kappa shape index (κ3) is 9.13. The Morgan fingerprint density at radius 3 is 2.19 bits per heavy atom. The quantitative estimate of drug-likeness (QED) is 0.613. The summed E-state index contributed by atoms with van der Waals surface area (Å²) in [6, 6.07) is 0.534. The first kappa shape index (κ1) is 15.9. The van der Waals surface area contributed by atoms with Gasteiger partial charge in [0, 0.05) is 19.2 Å². The van der Waals surface area contributed by atoms with Gasteiger partial charge in [-0.2, -0.15) is 0 Å². The summed E-state index contributed by atoms with van der Waals surface area (Å²) in [4.78, 5) is 2.19. The summed E-state index contributed by atoms with van der Waals surface area (Å²) in [7, 11) is 4.19. The van der Waals surface area contributed by atoms with Gasteiger partial charge in [0.1, 0.15) is 0 Å². The first-order chi connectivity index (χ1) is 7.43. The molecule has 98 valence electrons. The van der Waals surface area contributed by atoms with E-state index in [9.17, 15) is 0 Å². The molecule has 0 heterocycles. The Labute approximate surface area is 102 Å². The van der Waals surface area contributed by atoms with Crippen LogP contribution < -0.4 is 5.32 Å². The van der Waals surface area contributed by atoms with Gasteiger partial charge in [-0.25, -0.2) is 0 Å². The average Bonchev–Trinajstić information content (AvgIpc) is 2.15. The zero-order valence-corrected chi connectivity index (χ0v) is 11.9. The first-order valence-electron chi connectivity index (χ1n) is 6.43. The van der Waals surface area contributed by atoms with Gasteiger partial charge in [-0.3, -0.25) is 0 Å². The van der Waals surface area contributed by atoms with E-state index >= 15 is 0 Å². The number of nitrogens with one attached hydrogen (secondary N) is 1. The first-order valence-corrected chi connectivity index (χ1v) is 6.43. The molecule has 3 nitrogen and oxygen atoms in total. The van der Waals surface area contributed by atoms with Gasteiger partial charge in [0.05, 0.1) is 6.10 Å². The fourth-order valence-corrected chi connectivity index (χ4v) is 1.45. The Morgan fingerprint density at radius 1 is 1.12 bits per heavy atom. The van der Waals surface area contributed by atoms with Gasteiger partial charge < -0.3 is 15.0 Å². The lowest BCUT2D eigenvalue weighted by atomic mass is 10.1. The van der Waals surface area contributed by atoms with Crippen LogP contribution in [0.15, 0.2) is 0 Å². The zero-order chi connectivity index (χ0) is 12.6. The molecule has 0 spiro atoms. The van der Waals surface area contributed by atoms with Gasteiger partial charge in [-0.1, -0.05) is 27.7 Å². The van der Waals surface area contributed by atoms with Crippen molar-refractivity contribution >= 4 is 0 Å². The van der Waals surface area contributed by atoms with E-state index in [0.29, 0.717) is 18.1 Å². The van der Waals surface area contributed by atoms with Crippen molar-refractivity contribution in [3.05, 3.63) is 0 Å². The molecular formula is C13H30N2O. The van der Waals surface area contributed by atoms with Crippen molar-refractivity contribution < 1.29 is 4.74 Å². The van der Waals surface area contributed by atoms with Crippen LogP contribution >= 0.6 is 0 Å². The van der Waals surface area contributed by atoms with Gasteiger partial charge in [-0.05, 0) is 33.0 Å². The summed E-state index contributed by atoms with van der Waals surface area (Å²) < 4.78 is 5.92. The monoisotopic (exact) mass is 230 g/mol. The molecule has 0 aliphatic rings. The minimum Gasteiger partial charge on any atom is -0.377 e. The van der Waals surface area contributed by atoms with Crippen molar-refractivity contribution in [1.29, 1.82) is 0 Å². The van der Waals surface area contributed by atoms with Crippen LogP contribution in [-0.2, 0) is 4.74 Å². The Kier molecular flexibility index (Phi) is 8.90. The highest BCUT2D eigenvalue weighted by Crippen LogP contribution is 2.06. The average molecular weight is 230 g/mol. The van der Waals surface area contributed by atoms with Crippen LogP contribution in [0.1, 0.15) is 34.1 Å². The van der Waals surface area contributed by atoms with Gasteiger partial charge in [0.2, 0.25) is 0 Å². The molecule has 0 amide bonds. The predicted molar refractivity (Wildman–Crippen MR) is 70.9 cm³/mol. The standard InChI is InChI=1S/C13H30N2O/c1-11(2)13(10-14-12(3)4)16-9-7-8-15(5)6/h11-14H,7-10H2,1-6H3. The van der Waals surface area contributed by atoms with Crippen molar-refractivity contribution in [1.82, 2.24) is 10.2 Å². The summed E-state index contributed by atoms with van der Waals surface area (Å²) >= 11 is 0. The summed E-state index contributed by atoms with van der Waals surface area (Å²) in [5, 5.41) is 3.44. The Hall–Kier alpha value is -0.120. The molecule has 0 saturated heterocycles. The fraction of sp³-hybridized carbons (Fsp3) is 1.00. The van der Waals surface area contributed by atoms with E-state index in [-0.39, 0.29) is 0 Å². The van der Waals surface area contributed by atoms with E-state index in [0.717, 1.165) is 26.1 Å². The normalized spacial score (nSPS) is 14.1. The highest BCUT2D eigenvalue weighted by Gasteiger charge is 2.13. The van der Waals surface area contributed by atoms with Crippen LogP contribution in [0.25, 0.3) is 0 Å². The Balaban J connectivity index is 3.68. The van der Waals surface area contributed by atoms with Crippen LogP contribution in [0.3, 0.4) is 0 Å². The van der Waals surface area contributed by atoms with Crippen LogP contribution in [-0.4, -0.2) is 50.8 Å². The van der Waals surface area contributed by atoms with Gasteiger partial charge in [-0.15, -0.1) is 0 Å². The summed E-state index contributed by atoms with van der Waals surface area (Å²) in [5.74, 6) is 0.575. The molecule has 0 rings (SSSR count). The SMILES string of the molecule is CC(C)NCC(OCCCN(C)C)C(C)C. The lowest BCUT2D eigenvalue weighted by Gasteiger charge is -2.23. The molecule has 3 heteroatoms. The summed E-state index contributed by atoms with van der Waals surface area (Å²) in [6.07, 6.45) is 1.45. The second-order valence-electron chi connectivity index (χ2n) is 5.37. The predicted octanol–water partition coefficient (Wildman–Crippen LogP) is 1.98. The van der Waals surface area contributed by atoms with Crippen LogP contribution in [0.4, 0.5) is 0 Å². The number of nitrogens with zero attached hydrogens (tertiary/aromatic N) is 1. The minimum atomic E-state index is 0.338. The third-order valence-electron chi connectivity index (χ3n) is 2.55. The molecule has 1 atom stereocenters. The van der Waals surface area contributed by atoms with Crippen molar-refractivity contribution in [2.75, 3.05) is 33.8 Å². The maximum Gasteiger partial charge on any atom is 0.0722 e. The second kappa shape index (κ2) is 8.97. The van der Waals surface area contributed by atoms with E-state index in [4.69, 9.17) is 4.74 Å². The van der Waals surface area contributed by atoms with E-state index < -0.39 is 0 Å². The fourth-order valence-electron chi connectivity index (χ4n) is 1.45. The lowest BCUT2D eigenvalue weighted by molar-refractivity contribution is 0.0184. The second-order valence-corrected chi connectivity index (χ2v) is 5.37. The van der Waals surface area contributed by atoms with Crippen molar-refractivity contribution in [3.63, 3.8) is 0 Å². The minimum absolute atomic E-state index is 0.338. The van der Waals surface area contributed by atoms with Crippen molar-refractivity contribution in [2.24, 2.45) is 5.92 Å². The van der Waals surface area contributed by atoms with Gasteiger partial charge in [0.25, 0.3) is 0 Å². The Bertz CT molecular complexity index is 158. The molecule has 0 aromatic carbocycles. The molecule has 0 radical (unpaired) electrons. The van der Waals surface area contributed by atoms with E-state index in [1.54, 1.807) is 0 Å².